The Morgan fingerprint density at radius 3 is 2.88 bits per heavy atom. The molecule has 0 N–H and O–H groups in total. The lowest BCUT2D eigenvalue weighted by Gasteiger charge is -2.14. The van der Waals surface area contributed by atoms with Crippen LogP contribution in [0.25, 0.3) is 5.65 Å². The van der Waals surface area contributed by atoms with Crippen molar-refractivity contribution in [3.8, 4) is 0 Å². The predicted molar refractivity (Wildman–Crippen MR) is 69.3 cm³/mol. The van der Waals surface area contributed by atoms with Gasteiger partial charge in [-0.25, -0.2) is 4.98 Å². The molecule has 17 heavy (non-hydrogen) atoms. The van der Waals surface area contributed by atoms with Crippen LogP contribution in [0, 0.1) is 6.92 Å². The summed E-state index contributed by atoms with van der Waals surface area (Å²) in [5.41, 5.74) is 3.62. The van der Waals surface area contributed by atoms with E-state index in [-0.39, 0.29) is 0 Å². The van der Waals surface area contributed by atoms with Crippen LogP contribution in [-0.4, -0.2) is 33.9 Å². The molecule has 3 heterocycles. The molecule has 0 aromatic carbocycles. The molecule has 2 aromatic heterocycles. The van der Waals surface area contributed by atoms with Crippen molar-refractivity contribution in [3.63, 3.8) is 0 Å². The van der Waals surface area contributed by atoms with Gasteiger partial charge in [-0.05, 0) is 45.0 Å². The van der Waals surface area contributed by atoms with E-state index in [9.17, 15) is 0 Å². The minimum Gasteiger partial charge on any atom is -0.304 e. The van der Waals surface area contributed by atoms with E-state index in [4.69, 9.17) is 0 Å². The molecule has 0 saturated carbocycles. The molecule has 2 aromatic rings. The highest BCUT2D eigenvalue weighted by molar-refractivity contribution is 5.42. The normalized spacial score (nSPS) is 17.0. The number of rotatable bonds is 3. The van der Waals surface area contributed by atoms with Gasteiger partial charge in [0, 0.05) is 24.9 Å². The van der Waals surface area contributed by atoms with Crippen LogP contribution in [0.5, 0.6) is 0 Å². The van der Waals surface area contributed by atoms with Gasteiger partial charge < -0.3 is 9.30 Å². The molecule has 1 aliphatic heterocycles. The quantitative estimate of drug-likeness (QED) is 0.805. The lowest BCUT2D eigenvalue weighted by atomic mass is 10.2. The smallest absolute Gasteiger partial charge is 0.137 e. The van der Waals surface area contributed by atoms with E-state index in [1.165, 1.54) is 43.9 Å². The summed E-state index contributed by atoms with van der Waals surface area (Å²) in [6.07, 6.45) is 5.96. The number of nitrogens with zero attached hydrogens (tertiary/aromatic N) is 3. The summed E-state index contributed by atoms with van der Waals surface area (Å²) < 4.78 is 2.23. The second kappa shape index (κ2) is 4.49. The van der Waals surface area contributed by atoms with Crippen LogP contribution in [0.15, 0.2) is 24.4 Å². The molecule has 3 heteroatoms. The highest BCUT2D eigenvalue weighted by Crippen LogP contribution is 2.14. The number of likely N-dealkylation sites (tertiary alicyclic amines) is 1. The lowest BCUT2D eigenvalue weighted by Crippen LogP contribution is -2.22. The van der Waals surface area contributed by atoms with E-state index in [2.05, 4.69) is 39.5 Å². The van der Waals surface area contributed by atoms with E-state index < -0.39 is 0 Å². The Balaban J connectivity index is 1.81. The molecule has 0 aliphatic carbocycles. The number of hydrogen-bond donors (Lipinski definition) is 0. The third-order valence-corrected chi connectivity index (χ3v) is 3.69. The zero-order valence-corrected chi connectivity index (χ0v) is 10.4. The average Bonchev–Trinajstić information content (AvgIpc) is 2.93. The van der Waals surface area contributed by atoms with Crippen molar-refractivity contribution in [2.24, 2.45) is 0 Å². The third-order valence-electron chi connectivity index (χ3n) is 3.69. The van der Waals surface area contributed by atoms with Crippen molar-refractivity contribution < 1.29 is 0 Å². The van der Waals surface area contributed by atoms with Crippen molar-refractivity contribution in [2.45, 2.75) is 26.2 Å². The minimum atomic E-state index is 1.07. The largest absolute Gasteiger partial charge is 0.304 e. The Bertz CT molecular complexity index is 509. The monoisotopic (exact) mass is 229 g/mol. The SMILES string of the molecule is Cc1nc2ccccn2c1CCN1CCCC1. The highest BCUT2D eigenvalue weighted by atomic mass is 15.1. The molecular weight excluding hydrogens is 210 g/mol. The van der Waals surface area contributed by atoms with Crippen LogP contribution in [0.3, 0.4) is 0 Å². The number of imidazole rings is 1. The molecule has 0 spiro atoms. The van der Waals surface area contributed by atoms with Crippen molar-refractivity contribution in [3.05, 3.63) is 35.8 Å². The third kappa shape index (κ3) is 2.07. The molecule has 90 valence electrons. The average molecular weight is 229 g/mol. The number of aryl methyl sites for hydroxylation is 1. The standard InChI is InChI=1S/C14H19N3/c1-12-13(7-11-16-8-4-5-9-16)17-10-3-2-6-14(17)15-12/h2-3,6,10H,4-5,7-9,11H2,1H3. The summed E-state index contributed by atoms with van der Waals surface area (Å²) >= 11 is 0. The first-order valence-corrected chi connectivity index (χ1v) is 6.49. The first-order chi connectivity index (χ1) is 8.34. The fourth-order valence-electron chi connectivity index (χ4n) is 2.74. The molecule has 1 fully saturated rings. The maximum absolute atomic E-state index is 4.60. The summed E-state index contributed by atoms with van der Waals surface area (Å²) in [5, 5.41) is 0. The van der Waals surface area contributed by atoms with Crippen molar-refractivity contribution >= 4 is 5.65 Å². The Morgan fingerprint density at radius 1 is 1.24 bits per heavy atom. The summed E-state index contributed by atoms with van der Waals surface area (Å²) in [7, 11) is 0. The highest BCUT2D eigenvalue weighted by Gasteiger charge is 2.13. The van der Waals surface area contributed by atoms with Crippen molar-refractivity contribution in [1.82, 2.24) is 14.3 Å². The molecular formula is C14H19N3. The second-order valence-electron chi connectivity index (χ2n) is 4.87. The van der Waals surface area contributed by atoms with Gasteiger partial charge in [-0.1, -0.05) is 6.07 Å². The molecule has 0 unspecified atom stereocenters. The zero-order chi connectivity index (χ0) is 11.7. The molecule has 0 bridgehead atoms. The molecule has 3 rings (SSSR count). The van der Waals surface area contributed by atoms with Crippen LogP contribution in [0.4, 0.5) is 0 Å². The van der Waals surface area contributed by atoms with Crippen LogP contribution < -0.4 is 0 Å². The summed E-state index contributed by atoms with van der Waals surface area (Å²) in [4.78, 5) is 7.16. The molecule has 0 radical (unpaired) electrons. The molecule has 1 saturated heterocycles. The first-order valence-electron chi connectivity index (χ1n) is 6.49. The Labute approximate surface area is 102 Å². The molecule has 1 aliphatic rings. The number of aromatic nitrogens is 2. The van der Waals surface area contributed by atoms with Crippen LogP contribution in [0.2, 0.25) is 0 Å². The van der Waals surface area contributed by atoms with Crippen LogP contribution >= 0.6 is 0 Å². The predicted octanol–water partition coefficient (Wildman–Crippen LogP) is 2.28. The molecule has 0 atom stereocenters. The Hall–Kier alpha value is -1.35. The van der Waals surface area contributed by atoms with Crippen molar-refractivity contribution in [1.29, 1.82) is 0 Å². The molecule has 3 nitrogen and oxygen atoms in total. The summed E-state index contributed by atoms with van der Waals surface area (Å²) in [6.45, 7) is 5.83. The first kappa shape index (κ1) is 10.8. The van der Waals surface area contributed by atoms with Gasteiger partial charge >= 0.3 is 0 Å². The van der Waals surface area contributed by atoms with Gasteiger partial charge in [-0.15, -0.1) is 0 Å². The van der Waals surface area contributed by atoms with Gasteiger partial charge in [-0.2, -0.15) is 0 Å². The van der Waals surface area contributed by atoms with E-state index in [1.807, 2.05) is 6.07 Å². The van der Waals surface area contributed by atoms with E-state index in [0.29, 0.717) is 0 Å². The van der Waals surface area contributed by atoms with Gasteiger partial charge in [-0.3, -0.25) is 0 Å². The maximum atomic E-state index is 4.60. The van der Waals surface area contributed by atoms with Gasteiger partial charge in [0.1, 0.15) is 5.65 Å². The van der Waals surface area contributed by atoms with Gasteiger partial charge in [0.25, 0.3) is 0 Å². The minimum absolute atomic E-state index is 1.07. The fraction of sp³-hybridized carbons (Fsp3) is 0.500. The van der Waals surface area contributed by atoms with Crippen LogP contribution in [0.1, 0.15) is 24.2 Å². The number of fused-ring (bicyclic) bond motifs is 1. The summed E-state index contributed by atoms with van der Waals surface area (Å²) in [6, 6.07) is 6.20. The van der Waals surface area contributed by atoms with E-state index in [1.54, 1.807) is 0 Å². The maximum Gasteiger partial charge on any atom is 0.137 e. The van der Waals surface area contributed by atoms with Crippen molar-refractivity contribution in [2.75, 3.05) is 19.6 Å². The Morgan fingerprint density at radius 2 is 2.06 bits per heavy atom. The van der Waals surface area contributed by atoms with Gasteiger partial charge in [0.05, 0.1) is 5.69 Å². The second-order valence-corrected chi connectivity index (χ2v) is 4.87. The van der Waals surface area contributed by atoms with Gasteiger partial charge in [0.2, 0.25) is 0 Å². The van der Waals surface area contributed by atoms with Gasteiger partial charge in [0.15, 0.2) is 0 Å². The lowest BCUT2D eigenvalue weighted by molar-refractivity contribution is 0.341. The topological polar surface area (TPSA) is 20.5 Å². The summed E-state index contributed by atoms with van der Waals surface area (Å²) in [5.74, 6) is 0. The number of hydrogen-bond acceptors (Lipinski definition) is 2. The molecule has 0 amide bonds. The van der Waals surface area contributed by atoms with Crippen LogP contribution in [-0.2, 0) is 6.42 Å². The van der Waals surface area contributed by atoms with E-state index >= 15 is 0 Å². The Kier molecular flexibility index (Phi) is 2.85. The van der Waals surface area contributed by atoms with E-state index in [0.717, 1.165) is 12.1 Å². The fourth-order valence-corrected chi connectivity index (χ4v) is 2.74. The number of pyridine rings is 1. The zero-order valence-electron chi connectivity index (χ0n) is 10.4.